The quantitative estimate of drug-likeness (QED) is 0.573. The first-order valence-electron chi connectivity index (χ1n) is 8.48. The molecule has 0 heterocycles. The molecule has 0 spiro atoms. The van der Waals surface area contributed by atoms with Crippen molar-refractivity contribution in [1.82, 2.24) is 10.2 Å². The Balaban J connectivity index is 4.49. The van der Waals surface area contributed by atoms with Crippen molar-refractivity contribution in [2.45, 2.75) is 67.2 Å². The maximum atomic E-state index is 3.56. The van der Waals surface area contributed by atoms with Crippen LogP contribution in [0.1, 0.15) is 67.2 Å². The van der Waals surface area contributed by atoms with E-state index in [0.717, 1.165) is 19.0 Å². The Labute approximate surface area is 122 Å². The Morgan fingerprint density at radius 1 is 1.05 bits per heavy atom. The predicted molar refractivity (Wildman–Crippen MR) is 87.7 cm³/mol. The molecule has 0 bridgehead atoms. The zero-order chi connectivity index (χ0) is 14.7. The molecule has 0 aliphatic rings. The molecule has 0 amide bonds. The second-order valence-electron chi connectivity index (χ2n) is 6.35. The van der Waals surface area contributed by atoms with Gasteiger partial charge in [0.2, 0.25) is 0 Å². The monoisotopic (exact) mass is 270 g/mol. The number of hydrogen-bond acceptors (Lipinski definition) is 2. The van der Waals surface area contributed by atoms with E-state index in [1.54, 1.807) is 0 Å². The van der Waals surface area contributed by atoms with Crippen LogP contribution in [0.3, 0.4) is 0 Å². The van der Waals surface area contributed by atoms with Crippen LogP contribution in [0.15, 0.2) is 0 Å². The van der Waals surface area contributed by atoms with E-state index >= 15 is 0 Å². The summed E-state index contributed by atoms with van der Waals surface area (Å²) in [6.07, 6.45) is 5.22. The minimum atomic E-state index is 0.423. The minimum Gasteiger partial charge on any atom is -0.316 e. The highest BCUT2D eigenvalue weighted by atomic mass is 15.1. The van der Waals surface area contributed by atoms with Gasteiger partial charge in [-0.25, -0.2) is 0 Å². The van der Waals surface area contributed by atoms with Gasteiger partial charge >= 0.3 is 0 Å². The molecule has 0 aliphatic carbocycles. The third kappa shape index (κ3) is 7.94. The first kappa shape index (κ1) is 18.9. The Morgan fingerprint density at radius 3 is 2.11 bits per heavy atom. The lowest BCUT2D eigenvalue weighted by molar-refractivity contribution is 0.135. The van der Waals surface area contributed by atoms with Crippen LogP contribution < -0.4 is 5.32 Å². The molecule has 1 atom stereocenters. The molecule has 0 aromatic carbocycles. The largest absolute Gasteiger partial charge is 0.316 e. The maximum Gasteiger partial charge on any atom is 0.00475 e. The Morgan fingerprint density at radius 2 is 1.68 bits per heavy atom. The highest BCUT2D eigenvalue weighted by Crippen LogP contribution is 2.25. The molecule has 19 heavy (non-hydrogen) atoms. The van der Waals surface area contributed by atoms with Gasteiger partial charge in [-0.3, -0.25) is 0 Å². The van der Waals surface area contributed by atoms with Gasteiger partial charge in [-0.1, -0.05) is 60.8 Å². The molecule has 0 aromatic rings. The standard InChI is InChI=1S/C17H38N2/c1-7-12-17(6,14-18-10-4)15-19(11-5)13-16(8-2)9-3/h16,18H,7-15H2,1-6H3. The topological polar surface area (TPSA) is 15.3 Å². The number of hydrogen-bond donors (Lipinski definition) is 1. The van der Waals surface area contributed by atoms with E-state index in [9.17, 15) is 0 Å². The van der Waals surface area contributed by atoms with Gasteiger partial charge in [0.05, 0.1) is 0 Å². The molecule has 116 valence electrons. The maximum absolute atomic E-state index is 3.56. The van der Waals surface area contributed by atoms with E-state index < -0.39 is 0 Å². The summed E-state index contributed by atoms with van der Waals surface area (Å²) in [5.41, 5.74) is 0.423. The average Bonchev–Trinajstić information content (AvgIpc) is 2.41. The van der Waals surface area contributed by atoms with Crippen LogP contribution >= 0.6 is 0 Å². The van der Waals surface area contributed by atoms with Crippen molar-refractivity contribution in [1.29, 1.82) is 0 Å². The van der Waals surface area contributed by atoms with E-state index in [1.165, 1.54) is 45.3 Å². The molecule has 0 radical (unpaired) electrons. The lowest BCUT2D eigenvalue weighted by Crippen LogP contribution is -2.43. The smallest absolute Gasteiger partial charge is 0.00475 e. The SMILES string of the molecule is CCCC(C)(CNCC)CN(CC)CC(CC)CC. The lowest BCUT2D eigenvalue weighted by Gasteiger charge is -2.37. The lowest BCUT2D eigenvalue weighted by atomic mass is 9.84. The van der Waals surface area contributed by atoms with Crippen molar-refractivity contribution in [3.63, 3.8) is 0 Å². The fraction of sp³-hybridized carbons (Fsp3) is 1.00. The van der Waals surface area contributed by atoms with E-state index in [1.807, 2.05) is 0 Å². The second-order valence-corrected chi connectivity index (χ2v) is 6.35. The summed E-state index contributed by atoms with van der Waals surface area (Å²) in [6, 6.07) is 0. The van der Waals surface area contributed by atoms with Gasteiger partial charge in [0.15, 0.2) is 0 Å². The molecular formula is C17H38N2. The molecule has 1 N–H and O–H groups in total. The van der Waals surface area contributed by atoms with Crippen LogP contribution in [0.25, 0.3) is 0 Å². The van der Waals surface area contributed by atoms with Crippen LogP contribution in [0.2, 0.25) is 0 Å². The van der Waals surface area contributed by atoms with E-state index in [-0.39, 0.29) is 0 Å². The molecule has 0 aromatic heterocycles. The fourth-order valence-electron chi connectivity index (χ4n) is 3.01. The summed E-state index contributed by atoms with van der Waals surface area (Å²) in [5, 5.41) is 3.56. The van der Waals surface area contributed by atoms with Crippen molar-refractivity contribution in [2.75, 3.05) is 32.7 Å². The predicted octanol–water partition coefficient (Wildman–Crippen LogP) is 4.16. The van der Waals surface area contributed by atoms with Gasteiger partial charge in [-0.15, -0.1) is 0 Å². The van der Waals surface area contributed by atoms with E-state index in [0.29, 0.717) is 5.41 Å². The van der Waals surface area contributed by atoms with Gasteiger partial charge < -0.3 is 10.2 Å². The van der Waals surface area contributed by atoms with Crippen LogP contribution in [0.5, 0.6) is 0 Å². The summed E-state index contributed by atoms with van der Waals surface area (Å²) in [6.45, 7) is 19.8. The van der Waals surface area contributed by atoms with Crippen LogP contribution in [-0.2, 0) is 0 Å². The summed E-state index contributed by atoms with van der Waals surface area (Å²) in [5.74, 6) is 0.866. The fourth-order valence-corrected chi connectivity index (χ4v) is 3.01. The number of nitrogens with zero attached hydrogens (tertiary/aromatic N) is 1. The van der Waals surface area contributed by atoms with Gasteiger partial charge in [0.25, 0.3) is 0 Å². The molecule has 1 unspecified atom stereocenters. The second kappa shape index (κ2) is 10.7. The zero-order valence-corrected chi connectivity index (χ0v) is 14.4. The van der Waals surface area contributed by atoms with Gasteiger partial charge in [-0.05, 0) is 30.8 Å². The highest BCUT2D eigenvalue weighted by Gasteiger charge is 2.26. The molecule has 0 saturated heterocycles. The van der Waals surface area contributed by atoms with Crippen molar-refractivity contribution in [3.05, 3.63) is 0 Å². The van der Waals surface area contributed by atoms with E-state index in [4.69, 9.17) is 0 Å². The molecular weight excluding hydrogens is 232 g/mol. The third-order valence-electron chi connectivity index (χ3n) is 4.38. The van der Waals surface area contributed by atoms with Crippen LogP contribution in [-0.4, -0.2) is 37.6 Å². The molecule has 0 fully saturated rings. The minimum absolute atomic E-state index is 0.423. The number of rotatable bonds is 12. The van der Waals surface area contributed by atoms with Crippen LogP contribution in [0.4, 0.5) is 0 Å². The first-order valence-corrected chi connectivity index (χ1v) is 8.48. The molecule has 0 rings (SSSR count). The summed E-state index contributed by atoms with van der Waals surface area (Å²) in [4.78, 5) is 2.67. The first-order chi connectivity index (χ1) is 9.05. The molecule has 2 nitrogen and oxygen atoms in total. The van der Waals surface area contributed by atoms with Crippen molar-refractivity contribution in [2.24, 2.45) is 11.3 Å². The van der Waals surface area contributed by atoms with Crippen LogP contribution in [0, 0.1) is 11.3 Å². The Kier molecular flexibility index (Phi) is 10.6. The van der Waals surface area contributed by atoms with Crippen molar-refractivity contribution >= 4 is 0 Å². The molecule has 0 aliphatic heterocycles. The molecule has 2 heteroatoms. The summed E-state index contributed by atoms with van der Waals surface area (Å²) >= 11 is 0. The van der Waals surface area contributed by atoms with Gasteiger partial charge in [-0.2, -0.15) is 0 Å². The van der Waals surface area contributed by atoms with E-state index in [2.05, 4.69) is 51.8 Å². The average molecular weight is 271 g/mol. The summed E-state index contributed by atoms with van der Waals surface area (Å²) in [7, 11) is 0. The van der Waals surface area contributed by atoms with Gasteiger partial charge in [0.1, 0.15) is 0 Å². The normalized spacial score (nSPS) is 15.2. The highest BCUT2D eigenvalue weighted by molar-refractivity contribution is 4.81. The van der Waals surface area contributed by atoms with Gasteiger partial charge in [0, 0.05) is 19.6 Å². The number of nitrogens with one attached hydrogen (secondary N) is 1. The summed E-state index contributed by atoms with van der Waals surface area (Å²) < 4.78 is 0. The Bertz CT molecular complexity index is 201. The Hall–Kier alpha value is -0.0800. The zero-order valence-electron chi connectivity index (χ0n) is 14.4. The van der Waals surface area contributed by atoms with Crippen molar-refractivity contribution < 1.29 is 0 Å². The molecule has 0 saturated carbocycles. The third-order valence-corrected chi connectivity index (χ3v) is 4.38. The van der Waals surface area contributed by atoms with Crippen molar-refractivity contribution in [3.8, 4) is 0 Å².